The van der Waals surface area contributed by atoms with Crippen LogP contribution in [0, 0.1) is 11.8 Å². The van der Waals surface area contributed by atoms with Crippen molar-refractivity contribution >= 4 is 22.8 Å². The molecule has 2 aliphatic carbocycles. The second kappa shape index (κ2) is 4.22. The fourth-order valence-electron chi connectivity index (χ4n) is 3.49. The summed E-state index contributed by atoms with van der Waals surface area (Å²) in [6.45, 7) is 5.13. The minimum atomic E-state index is -1.07. The molecule has 2 bridgehead atoms. The number of nitrogens with zero attached hydrogens (tertiary/aromatic N) is 1. The van der Waals surface area contributed by atoms with Gasteiger partial charge in [0.2, 0.25) is 0 Å². The molecule has 19 heavy (non-hydrogen) atoms. The monoisotopic (exact) mass is 282 g/mol. The van der Waals surface area contributed by atoms with Crippen molar-refractivity contribution in [2.75, 3.05) is 0 Å². The zero-order chi connectivity index (χ0) is 13.8. The van der Waals surface area contributed by atoms with Gasteiger partial charge in [0.25, 0.3) is 5.91 Å². The molecule has 2 fully saturated rings. The third-order valence-electron chi connectivity index (χ3n) is 5.13. The molecule has 2 saturated carbocycles. The lowest BCUT2D eigenvalue weighted by Crippen LogP contribution is -2.49. The van der Waals surface area contributed by atoms with E-state index in [1.54, 1.807) is 20.8 Å². The molecule has 0 aromatic rings. The molecule has 3 aliphatic rings. The molecule has 2 N–H and O–H groups in total. The number of amidine groups is 1. The van der Waals surface area contributed by atoms with Gasteiger partial charge in [-0.05, 0) is 51.9 Å². The molecular formula is C14H22N2O2S. The van der Waals surface area contributed by atoms with Gasteiger partial charge >= 0.3 is 0 Å². The smallest absolute Gasteiger partial charge is 0.267 e. The predicted octanol–water partition coefficient (Wildman–Crippen LogP) is 1.92. The highest BCUT2D eigenvalue weighted by Gasteiger charge is 2.52. The molecule has 1 heterocycles. The lowest BCUT2D eigenvalue weighted by molar-refractivity contribution is -0.124. The standard InChI is InChI=1S/C14H22N2O2S/c1-13(2,18)14(3)11(17)16-12(19-14)15-10-7-8-4-5-9(10)6-8/h8-10,18H,4-7H2,1-3H3,(H,15,16,17)/t8-,9?,10+,14+/m1/s1. The Bertz CT molecular complexity index is 443. The number of thioether (sulfide) groups is 1. The summed E-state index contributed by atoms with van der Waals surface area (Å²) in [5, 5.41) is 14.3. The van der Waals surface area contributed by atoms with Gasteiger partial charge in [-0.15, -0.1) is 0 Å². The van der Waals surface area contributed by atoms with Crippen LogP contribution in [-0.4, -0.2) is 32.6 Å². The Kier molecular flexibility index (Phi) is 2.98. The SMILES string of the molecule is CC(C)(O)[C@@]1(C)SC(N[C@H]2C[C@@H]3CCC2C3)=NC1=O. The highest BCUT2D eigenvalue weighted by Crippen LogP contribution is 2.46. The van der Waals surface area contributed by atoms with Gasteiger partial charge in [-0.2, -0.15) is 4.99 Å². The third-order valence-corrected chi connectivity index (χ3v) is 6.61. The van der Waals surface area contributed by atoms with E-state index in [1.807, 2.05) is 0 Å². The van der Waals surface area contributed by atoms with Crippen molar-refractivity contribution in [1.29, 1.82) is 0 Å². The second-order valence-electron chi connectivity index (χ2n) is 6.84. The quantitative estimate of drug-likeness (QED) is 0.812. The van der Waals surface area contributed by atoms with Gasteiger partial charge in [0.15, 0.2) is 5.17 Å². The number of aliphatic hydroxyl groups is 1. The Morgan fingerprint density at radius 1 is 1.42 bits per heavy atom. The van der Waals surface area contributed by atoms with Crippen LogP contribution in [0.2, 0.25) is 0 Å². The van der Waals surface area contributed by atoms with Gasteiger partial charge in [-0.1, -0.05) is 18.2 Å². The molecule has 0 aromatic heterocycles. The maximum absolute atomic E-state index is 12.1. The number of rotatable bonds is 2. The number of nitrogens with one attached hydrogen (secondary N) is 1. The molecule has 0 spiro atoms. The van der Waals surface area contributed by atoms with Crippen LogP contribution in [-0.2, 0) is 4.79 Å². The van der Waals surface area contributed by atoms with E-state index < -0.39 is 10.3 Å². The highest BCUT2D eigenvalue weighted by atomic mass is 32.2. The molecule has 1 amide bonds. The normalized spacial score (nSPS) is 41.8. The summed E-state index contributed by atoms with van der Waals surface area (Å²) in [6.07, 6.45) is 5.20. The maximum atomic E-state index is 12.1. The Morgan fingerprint density at radius 2 is 2.16 bits per heavy atom. The van der Waals surface area contributed by atoms with E-state index in [9.17, 15) is 9.90 Å². The first kappa shape index (κ1) is 13.4. The van der Waals surface area contributed by atoms with Crippen molar-refractivity contribution < 1.29 is 9.90 Å². The molecule has 0 aromatic carbocycles. The molecule has 0 saturated heterocycles. The van der Waals surface area contributed by atoms with Gasteiger partial charge in [0, 0.05) is 6.04 Å². The van der Waals surface area contributed by atoms with Gasteiger partial charge < -0.3 is 10.4 Å². The number of aliphatic imine (C=N–C) groups is 1. The fourth-order valence-corrected chi connectivity index (χ4v) is 4.60. The first-order valence-corrected chi connectivity index (χ1v) is 7.92. The highest BCUT2D eigenvalue weighted by molar-refractivity contribution is 8.16. The van der Waals surface area contributed by atoms with Crippen LogP contribution in [0.1, 0.15) is 46.5 Å². The molecule has 1 unspecified atom stereocenters. The number of carbonyl (C=O) groups is 1. The third kappa shape index (κ3) is 2.11. The van der Waals surface area contributed by atoms with Crippen molar-refractivity contribution in [2.24, 2.45) is 16.8 Å². The topological polar surface area (TPSA) is 61.7 Å². The Labute approximate surface area is 118 Å². The van der Waals surface area contributed by atoms with Crippen LogP contribution in [0.3, 0.4) is 0 Å². The summed E-state index contributed by atoms with van der Waals surface area (Å²) in [7, 11) is 0. The lowest BCUT2D eigenvalue weighted by Gasteiger charge is -2.33. The van der Waals surface area contributed by atoms with Gasteiger partial charge in [0.1, 0.15) is 4.75 Å². The van der Waals surface area contributed by atoms with E-state index in [-0.39, 0.29) is 5.91 Å². The van der Waals surface area contributed by atoms with E-state index in [1.165, 1.54) is 37.4 Å². The number of hydrogen-bond acceptors (Lipinski definition) is 4. The Morgan fingerprint density at radius 3 is 2.63 bits per heavy atom. The lowest BCUT2D eigenvalue weighted by atomic mass is 9.91. The summed E-state index contributed by atoms with van der Waals surface area (Å²) >= 11 is 1.38. The number of amides is 1. The first-order chi connectivity index (χ1) is 8.79. The van der Waals surface area contributed by atoms with Crippen LogP contribution in [0.4, 0.5) is 0 Å². The predicted molar refractivity (Wildman–Crippen MR) is 77.1 cm³/mol. The fraction of sp³-hybridized carbons (Fsp3) is 0.857. The van der Waals surface area contributed by atoms with Gasteiger partial charge in [0.05, 0.1) is 5.60 Å². The average Bonchev–Trinajstić information content (AvgIpc) is 2.94. The van der Waals surface area contributed by atoms with Crippen LogP contribution >= 0.6 is 11.8 Å². The Balaban J connectivity index is 1.68. The molecule has 106 valence electrons. The summed E-state index contributed by atoms with van der Waals surface area (Å²) in [6, 6.07) is 0.474. The molecular weight excluding hydrogens is 260 g/mol. The summed E-state index contributed by atoms with van der Waals surface area (Å²) in [4.78, 5) is 16.2. The van der Waals surface area contributed by atoms with Gasteiger partial charge in [-0.25, -0.2) is 0 Å². The minimum Gasteiger partial charge on any atom is -0.388 e. The average molecular weight is 282 g/mol. The number of carbonyl (C=O) groups excluding carboxylic acids is 1. The summed E-state index contributed by atoms with van der Waals surface area (Å²) in [5.41, 5.74) is -1.07. The molecule has 4 atom stereocenters. The van der Waals surface area contributed by atoms with Crippen LogP contribution in [0.15, 0.2) is 4.99 Å². The second-order valence-corrected chi connectivity index (χ2v) is 8.25. The van der Waals surface area contributed by atoms with Crippen molar-refractivity contribution in [3.8, 4) is 0 Å². The van der Waals surface area contributed by atoms with E-state index >= 15 is 0 Å². The van der Waals surface area contributed by atoms with Crippen molar-refractivity contribution in [2.45, 2.75) is 62.8 Å². The van der Waals surface area contributed by atoms with Crippen molar-refractivity contribution in [3.63, 3.8) is 0 Å². The molecule has 1 aliphatic heterocycles. The zero-order valence-electron chi connectivity index (χ0n) is 11.8. The largest absolute Gasteiger partial charge is 0.388 e. The minimum absolute atomic E-state index is 0.226. The number of fused-ring (bicyclic) bond motifs is 2. The molecule has 5 heteroatoms. The number of hydrogen-bond donors (Lipinski definition) is 2. The molecule has 0 radical (unpaired) electrons. The Hall–Kier alpha value is -0.550. The summed E-state index contributed by atoms with van der Waals surface area (Å²) in [5.74, 6) is 1.39. The molecule has 4 nitrogen and oxygen atoms in total. The van der Waals surface area contributed by atoms with Crippen molar-refractivity contribution in [3.05, 3.63) is 0 Å². The maximum Gasteiger partial charge on any atom is 0.267 e. The van der Waals surface area contributed by atoms with Crippen LogP contribution < -0.4 is 5.32 Å². The molecule has 3 rings (SSSR count). The summed E-state index contributed by atoms with van der Waals surface area (Å²) < 4.78 is -0.868. The zero-order valence-corrected chi connectivity index (χ0v) is 12.6. The first-order valence-electron chi connectivity index (χ1n) is 7.10. The van der Waals surface area contributed by atoms with Crippen LogP contribution in [0.25, 0.3) is 0 Å². The van der Waals surface area contributed by atoms with Crippen molar-refractivity contribution in [1.82, 2.24) is 5.32 Å². The van der Waals surface area contributed by atoms with E-state index in [2.05, 4.69) is 10.3 Å². The van der Waals surface area contributed by atoms with E-state index in [0.717, 1.165) is 11.8 Å². The van der Waals surface area contributed by atoms with E-state index in [4.69, 9.17) is 0 Å². The van der Waals surface area contributed by atoms with Crippen LogP contribution in [0.5, 0.6) is 0 Å². The van der Waals surface area contributed by atoms with Gasteiger partial charge in [-0.3, -0.25) is 4.79 Å². The van der Waals surface area contributed by atoms with E-state index in [0.29, 0.717) is 11.2 Å².